The van der Waals surface area contributed by atoms with Gasteiger partial charge in [0, 0.05) is 19.6 Å². The van der Waals surface area contributed by atoms with Crippen LogP contribution in [0, 0.1) is 0 Å². The number of hydrogen-bond acceptors (Lipinski definition) is 5. The molecular weight excluding hydrogens is 274 g/mol. The molecule has 2 heterocycles. The van der Waals surface area contributed by atoms with Crippen molar-refractivity contribution in [1.82, 2.24) is 9.97 Å². The average Bonchev–Trinajstić information content (AvgIpc) is 2.56. The van der Waals surface area contributed by atoms with Crippen LogP contribution in [0.2, 0.25) is 0 Å². The Kier molecular flexibility index (Phi) is 4.42. The van der Waals surface area contributed by atoms with Crippen LogP contribution in [0.15, 0.2) is 30.6 Å². The maximum atomic E-state index is 6.29. The summed E-state index contributed by atoms with van der Waals surface area (Å²) in [5.74, 6) is 1.58. The van der Waals surface area contributed by atoms with Crippen LogP contribution in [0.3, 0.4) is 0 Å². The van der Waals surface area contributed by atoms with Crippen molar-refractivity contribution in [3.05, 3.63) is 41.7 Å². The molecular formula is C17H23N5. The van der Waals surface area contributed by atoms with Gasteiger partial charge in [0.15, 0.2) is 11.6 Å². The lowest BCUT2D eigenvalue weighted by molar-refractivity contribution is 0.720. The number of fused-ring (bicyclic) bond motifs is 1. The van der Waals surface area contributed by atoms with Crippen molar-refractivity contribution in [3.8, 4) is 0 Å². The standard InChI is InChI=1S/C17H23N5/c1-2-3-9-19-16-15(18)17(21-12-20-16)22-10-8-13-6-4-5-7-14(13)11-22/h4-7,12H,2-3,8-11,18H2,1H3,(H,19,20,21). The van der Waals surface area contributed by atoms with E-state index in [1.807, 2.05) is 0 Å². The maximum Gasteiger partial charge on any atom is 0.157 e. The van der Waals surface area contributed by atoms with Crippen LogP contribution in [0.25, 0.3) is 0 Å². The summed E-state index contributed by atoms with van der Waals surface area (Å²) in [4.78, 5) is 10.9. The van der Waals surface area contributed by atoms with E-state index < -0.39 is 0 Å². The summed E-state index contributed by atoms with van der Waals surface area (Å²) in [7, 11) is 0. The molecule has 116 valence electrons. The highest BCUT2D eigenvalue weighted by molar-refractivity contribution is 5.75. The summed E-state index contributed by atoms with van der Waals surface area (Å²) < 4.78 is 0. The minimum absolute atomic E-state index is 0.651. The minimum Gasteiger partial charge on any atom is -0.393 e. The molecule has 22 heavy (non-hydrogen) atoms. The molecule has 5 nitrogen and oxygen atoms in total. The lowest BCUT2D eigenvalue weighted by Gasteiger charge is -2.30. The first-order chi connectivity index (χ1) is 10.8. The number of nitrogen functional groups attached to an aromatic ring is 1. The molecule has 1 aromatic carbocycles. The van der Waals surface area contributed by atoms with Crippen molar-refractivity contribution >= 4 is 17.3 Å². The number of nitrogens with zero attached hydrogens (tertiary/aromatic N) is 3. The number of nitrogens with one attached hydrogen (secondary N) is 1. The Balaban J connectivity index is 1.79. The Morgan fingerprint density at radius 1 is 1.23 bits per heavy atom. The van der Waals surface area contributed by atoms with Gasteiger partial charge in [-0.2, -0.15) is 0 Å². The van der Waals surface area contributed by atoms with E-state index in [1.54, 1.807) is 6.33 Å². The summed E-state index contributed by atoms with van der Waals surface area (Å²) in [5.41, 5.74) is 9.72. The number of rotatable bonds is 5. The van der Waals surface area contributed by atoms with Gasteiger partial charge in [0.05, 0.1) is 0 Å². The zero-order chi connectivity index (χ0) is 15.4. The zero-order valence-electron chi connectivity index (χ0n) is 13.0. The smallest absolute Gasteiger partial charge is 0.157 e. The quantitative estimate of drug-likeness (QED) is 0.831. The third-order valence-electron chi connectivity index (χ3n) is 4.12. The predicted molar refractivity (Wildman–Crippen MR) is 91.0 cm³/mol. The Bertz CT molecular complexity index is 641. The molecule has 0 atom stereocenters. The highest BCUT2D eigenvalue weighted by atomic mass is 15.2. The number of nitrogens with two attached hydrogens (primary N) is 1. The second kappa shape index (κ2) is 6.64. The molecule has 2 aromatic rings. The summed E-state index contributed by atoms with van der Waals surface area (Å²) in [6.07, 6.45) is 4.88. The monoisotopic (exact) mass is 297 g/mol. The number of hydrogen-bond donors (Lipinski definition) is 2. The van der Waals surface area contributed by atoms with Crippen LogP contribution >= 0.6 is 0 Å². The van der Waals surface area contributed by atoms with Crippen molar-refractivity contribution in [2.45, 2.75) is 32.7 Å². The summed E-state index contributed by atoms with van der Waals surface area (Å²) >= 11 is 0. The van der Waals surface area contributed by atoms with Gasteiger partial charge < -0.3 is 16.0 Å². The Labute approximate surface area is 131 Å². The SMILES string of the molecule is CCCCNc1ncnc(N2CCc3ccccc3C2)c1N. The molecule has 1 aliphatic rings. The first kappa shape index (κ1) is 14.6. The van der Waals surface area contributed by atoms with Crippen molar-refractivity contribution in [1.29, 1.82) is 0 Å². The molecule has 1 aromatic heterocycles. The summed E-state index contributed by atoms with van der Waals surface area (Å²) in [6, 6.07) is 8.57. The van der Waals surface area contributed by atoms with Crippen LogP contribution < -0.4 is 16.0 Å². The van der Waals surface area contributed by atoms with Crippen LogP contribution in [0.4, 0.5) is 17.3 Å². The van der Waals surface area contributed by atoms with E-state index in [-0.39, 0.29) is 0 Å². The lowest BCUT2D eigenvalue weighted by atomic mass is 10.00. The molecule has 0 unspecified atom stereocenters. The van der Waals surface area contributed by atoms with E-state index in [0.717, 1.165) is 50.5 Å². The van der Waals surface area contributed by atoms with E-state index in [0.29, 0.717) is 5.69 Å². The molecule has 0 saturated carbocycles. The fraction of sp³-hybridized carbons (Fsp3) is 0.412. The molecule has 1 aliphatic heterocycles. The fourth-order valence-corrected chi connectivity index (χ4v) is 2.84. The normalized spacial score (nSPS) is 13.8. The molecule has 5 heteroatoms. The summed E-state index contributed by atoms with van der Waals surface area (Å²) in [6.45, 7) is 4.85. The molecule has 0 bridgehead atoms. The zero-order valence-corrected chi connectivity index (χ0v) is 13.0. The molecule has 0 saturated heterocycles. The third kappa shape index (κ3) is 2.98. The molecule has 0 aliphatic carbocycles. The lowest BCUT2D eigenvalue weighted by Crippen LogP contribution is -2.31. The highest BCUT2D eigenvalue weighted by Gasteiger charge is 2.20. The van der Waals surface area contributed by atoms with Gasteiger partial charge in [-0.15, -0.1) is 0 Å². The van der Waals surface area contributed by atoms with Gasteiger partial charge in [0.25, 0.3) is 0 Å². The van der Waals surface area contributed by atoms with E-state index in [2.05, 4.69) is 51.4 Å². The van der Waals surface area contributed by atoms with Crippen molar-refractivity contribution in [3.63, 3.8) is 0 Å². The molecule has 0 radical (unpaired) electrons. The summed E-state index contributed by atoms with van der Waals surface area (Å²) in [5, 5.41) is 3.31. The Hall–Kier alpha value is -2.30. The largest absolute Gasteiger partial charge is 0.393 e. The molecule has 0 amide bonds. The van der Waals surface area contributed by atoms with E-state index in [1.165, 1.54) is 11.1 Å². The number of benzene rings is 1. The highest BCUT2D eigenvalue weighted by Crippen LogP contribution is 2.30. The van der Waals surface area contributed by atoms with Crippen molar-refractivity contribution in [2.24, 2.45) is 0 Å². The van der Waals surface area contributed by atoms with E-state index in [4.69, 9.17) is 5.73 Å². The molecule has 3 rings (SSSR count). The van der Waals surface area contributed by atoms with Crippen LogP contribution in [0.5, 0.6) is 0 Å². The number of aromatic nitrogens is 2. The first-order valence-electron chi connectivity index (χ1n) is 7.95. The Morgan fingerprint density at radius 2 is 2.05 bits per heavy atom. The minimum atomic E-state index is 0.651. The maximum absolute atomic E-state index is 6.29. The molecule has 0 spiro atoms. The third-order valence-corrected chi connectivity index (χ3v) is 4.12. The topological polar surface area (TPSA) is 67.1 Å². The molecule has 3 N–H and O–H groups in total. The van der Waals surface area contributed by atoms with Crippen LogP contribution in [-0.2, 0) is 13.0 Å². The predicted octanol–water partition coefficient (Wildman–Crippen LogP) is 2.83. The van der Waals surface area contributed by atoms with Gasteiger partial charge in [-0.3, -0.25) is 0 Å². The average molecular weight is 297 g/mol. The van der Waals surface area contributed by atoms with E-state index >= 15 is 0 Å². The van der Waals surface area contributed by atoms with Crippen molar-refractivity contribution in [2.75, 3.05) is 29.0 Å². The second-order valence-corrected chi connectivity index (χ2v) is 5.68. The first-order valence-corrected chi connectivity index (χ1v) is 7.95. The Morgan fingerprint density at radius 3 is 2.86 bits per heavy atom. The van der Waals surface area contributed by atoms with E-state index in [9.17, 15) is 0 Å². The van der Waals surface area contributed by atoms with Gasteiger partial charge >= 0.3 is 0 Å². The van der Waals surface area contributed by atoms with Gasteiger partial charge in [-0.05, 0) is 24.0 Å². The van der Waals surface area contributed by atoms with Crippen LogP contribution in [0.1, 0.15) is 30.9 Å². The van der Waals surface area contributed by atoms with Crippen molar-refractivity contribution < 1.29 is 0 Å². The van der Waals surface area contributed by atoms with Crippen LogP contribution in [-0.4, -0.2) is 23.1 Å². The number of anilines is 3. The van der Waals surface area contributed by atoms with Gasteiger partial charge in [0.2, 0.25) is 0 Å². The van der Waals surface area contributed by atoms with Gasteiger partial charge in [-0.1, -0.05) is 37.6 Å². The number of unbranched alkanes of at least 4 members (excludes halogenated alkanes) is 1. The van der Waals surface area contributed by atoms with Gasteiger partial charge in [0.1, 0.15) is 12.0 Å². The van der Waals surface area contributed by atoms with Gasteiger partial charge in [-0.25, -0.2) is 9.97 Å². The second-order valence-electron chi connectivity index (χ2n) is 5.68. The molecule has 0 fully saturated rings. The fourth-order valence-electron chi connectivity index (χ4n) is 2.84.